The highest BCUT2D eigenvalue weighted by Gasteiger charge is 2.09. The summed E-state index contributed by atoms with van der Waals surface area (Å²) in [4.78, 5) is 11.6. The molecule has 1 aromatic heterocycles. The summed E-state index contributed by atoms with van der Waals surface area (Å²) in [5.41, 5.74) is 8.12. The number of rotatable bonds is 3. The van der Waals surface area contributed by atoms with Crippen LogP contribution in [0.25, 0.3) is 11.1 Å². The summed E-state index contributed by atoms with van der Waals surface area (Å²) in [6, 6.07) is 15.8. The van der Waals surface area contributed by atoms with E-state index in [0.29, 0.717) is 22.2 Å². The van der Waals surface area contributed by atoms with Crippen molar-refractivity contribution in [1.82, 2.24) is 4.57 Å². The van der Waals surface area contributed by atoms with Crippen LogP contribution in [-0.4, -0.2) is 4.57 Å². The minimum absolute atomic E-state index is 0.0715. The number of ether oxygens (including phenoxy) is 1. The van der Waals surface area contributed by atoms with Gasteiger partial charge < -0.3 is 15.0 Å². The molecule has 0 spiro atoms. The molecule has 0 radical (unpaired) electrons. The zero-order valence-electron chi connectivity index (χ0n) is 12.5. The second kappa shape index (κ2) is 6.18. The van der Waals surface area contributed by atoms with Crippen LogP contribution in [0.2, 0.25) is 5.02 Å². The van der Waals surface area contributed by atoms with Crippen LogP contribution in [0, 0.1) is 0 Å². The standard InChI is InChI=1S/C18H15ClN2O2/c1-21-11-12(2-9-18(21)22)16-10-14(20)5-8-17(16)23-15-6-3-13(19)4-7-15/h2-11H,20H2,1H3. The van der Waals surface area contributed by atoms with Gasteiger partial charge in [-0.15, -0.1) is 0 Å². The average molecular weight is 327 g/mol. The van der Waals surface area contributed by atoms with Gasteiger partial charge in [-0.05, 0) is 48.5 Å². The molecule has 0 aliphatic carbocycles. The number of halogens is 1. The molecular formula is C18H15ClN2O2. The summed E-state index contributed by atoms with van der Waals surface area (Å²) < 4.78 is 7.46. The van der Waals surface area contributed by atoms with Gasteiger partial charge in [-0.3, -0.25) is 4.79 Å². The van der Waals surface area contributed by atoms with E-state index in [1.165, 1.54) is 10.6 Å². The van der Waals surface area contributed by atoms with Crippen LogP contribution >= 0.6 is 11.6 Å². The van der Waals surface area contributed by atoms with Gasteiger partial charge in [0.25, 0.3) is 0 Å². The van der Waals surface area contributed by atoms with Crippen molar-refractivity contribution in [3.63, 3.8) is 0 Å². The average Bonchev–Trinajstić information content (AvgIpc) is 2.54. The van der Waals surface area contributed by atoms with Crippen LogP contribution in [0.15, 0.2) is 65.6 Å². The number of hydrogen-bond acceptors (Lipinski definition) is 3. The maximum Gasteiger partial charge on any atom is 0.250 e. The Balaban J connectivity index is 2.05. The first-order valence-corrected chi connectivity index (χ1v) is 7.41. The fourth-order valence-corrected chi connectivity index (χ4v) is 2.37. The maximum absolute atomic E-state index is 11.6. The lowest BCUT2D eigenvalue weighted by Gasteiger charge is -2.13. The van der Waals surface area contributed by atoms with Crippen LogP contribution in [0.1, 0.15) is 0 Å². The number of aromatic nitrogens is 1. The van der Waals surface area contributed by atoms with Gasteiger partial charge in [0.05, 0.1) is 0 Å². The zero-order chi connectivity index (χ0) is 16.4. The van der Waals surface area contributed by atoms with Gasteiger partial charge >= 0.3 is 0 Å². The zero-order valence-corrected chi connectivity index (χ0v) is 13.2. The highest BCUT2D eigenvalue weighted by molar-refractivity contribution is 6.30. The van der Waals surface area contributed by atoms with Gasteiger partial charge in [-0.1, -0.05) is 11.6 Å². The van der Waals surface area contributed by atoms with Gasteiger partial charge in [-0.2, -0.15) is 0 Å². The van der Waals surface area contributed by atoms with E-state index in [-0.39, 0.29) is 5.56 Å². The minimum atomic E-state index is -0.0715. The van der Waals surface area contributed by atoms with Crippen molar-refractivity contribution in [2.24, 2.45) is 7.05 Å². The number of nitrogens with two attached hydrogens (primary N) is 1. The number of hydrogen-bond donors (Lipinski definition) is 1. The van der Waals surface area contributed by atoms with Crippen LogP contribution < -0.4 is 16.0 Å². The summed E-state index contributed by atoms with van der Waals surface area (Å²) in [7, 11) is 1.71. The summed E-state index contributed by atoms with van der Waals surface area (Å²) in [6.07, 6.45) is 1.76. The maximum atomic E-state index is 11.6. The lowest BCUT2D eigenvalue weighted by molar-refractivity contribution is 0.484. The third-order valence-electron chi connectivity index (χ3n) is 3.44. The van der Waals surface area contributed by atoms with E-state index in [2.05, 4.69) is 0 Å². The van der Waals surface area contributed by atoms with Crippen LogP contribution in [0.5, 0.6) is 11.5 Å². The highest BCUT2D eigenvalue weighted by Crippen LogP contribution is 2.34. The quantitative estimate of drug-likeness (QED) is 0.738. The predicted molar refractivity (Wildman–Crippen MR) is 93.1 cm³/mol. The lowest BCUT2D eigenvalue weighted by Crippen LogP contribution is -2.14. The predicted octanol–water partition coefficient (Wildman–Crippen LogP) is 4.08. The molecule has 116 valence electrons. The summed E-state index contributed by atoms with van der Waals surface area (Å²) in [6.45, 7) is 0. The van der Waals surface area contributed by atoms with E-state index in [9.17, 15) is 4.79 Å². The summed E-state index contributed by atoms with van der Waals surface area (Å²) in [5.74, 6) is 1.32. The van der Waals surface area contributed by atoms with Crippen molar-refractivity contribution in [2.75, 3.05) is 5.73 Å². The van der Waals surface area contributed by atoms with Gasteiger partial charge in [0.1, 0.15) is 11.5 Å². The first-order chi connectivity index (χ1) is 11.0. The van der Waals surface area contributed by atoms with Crippen molar-refractivity contribution < 1.29 is 4.74 Å². The molecule has 3 aromatic rings. The number of benzene rings is 2. The van der Waals surface area contributed by atoms with E-state index in [1.54, 1.807) is 49.6 Å². The van der Waals surface area contributed by atoms with E-state index < -0.39 is 0 Å². The molecule has 0 amide bonds. The van der Waals surface area contributed by atoms with Gasteiger partial charge in [0.2, 0.25) is 5.56 Å². The molecule has 0 atom stereocenters. The summed E-state index contributed by atoms with van der Waals surface area (Å²) in [5, 5.41) is 0.646. The summed E-state index contributed by atoms with van der Waals surface area (Å²) >= 11 is 5.89. The van der Waals surface area contributed by atoms with E-state index >= 15 is 0 Å². The van der Waals surface area contributed by atoms with Crippen LogP contribution in [0.3, 0.4) is 0 Å². The first-order valence-electron chi connectivity index (χ1n) is 7.03. The molecule has 2 N–H and O–H groups in total. The Labute approximate surface area is 138 Å². The van der Waals surface area contributed by atoms with E-state index in [0.717, 1.165) is 11.1 Å². The molecule has 23 heavy (non-hydrogen) atoms. The first kappa shape index (κ1) is 15.2. The second-order valence-electron chi connectivity index (χ2n) is 5.18. The smallest absolute Gasteiger partial charge is 0.250 e. The number of nitrogens with zero attached hydrogens (tertiary/aromatic N) is 1. The highest BCUT2D eigenvalue weighted by atomic mass is 35.5. The Bertz CT molecular complexity index is 902. The largest absolute Gasteiger partial charge is 0.457 e. The van der Waals surface area contributed by atoms with E-state index in [4.69, 9.17) is 22.1 Å². The fourth-order valence-electron chi connectivity index (χ4n) is 2.25. The lowest BCUT2D eigenvalue weighted by atomic mass is 10.1. The molecule has 0 fully saturated rings. The molecular weight excluding hydrogens is 312 g/mol. The third-order valence-corrected chi connectivity index (χ3v) is 3.69. The molecule has 0 aliphatic rings. The molecule has 0 aliphatic heterocycles. The Morgan fingerprint density at radius 2 is 1.78 bits per heavy atom. The molecule has 0 bridgehead atoms. The van der Waals surface area contributed by atoms with Gasteiger partial charge in [0, 0.05) is 41.1 Å². The number of anilines is 1. The molecule has 0 unspecified atom stereocenters. The van der Waals surface area contributed by atoms with E-state index in [1.807, 2.05) is 12.1 Å². The minimum Gasteiger partial charge on any atom is -0.457 e. The number of pyridine rings is 1. The number of aryl methyl sites for hydroxylation is 1. The van der Waals surface area contributed by atoms with Gasteiger partial charge in [-0.25, -0.2) is 0 Å². The number of nitrogen functional groups attached to an aromatic ring is 1. The second-order valence-corrected chi connectivity index (χ2v) is 5.61. The molecule has 4 nitrogen and oxygen atoms in total. The fraction of sp³-hybridized carbons (Fsp3) is 0.0556. The van der Waals surface area contributed by atoms with Crippen LogP contribution in [0.4, 0.5) is 5.69 Å². The molecule has 2 aromatic carbocycles. The topological polar surface area (TPSA) is 57.2 Å². The Morgan fingerprint density at radius 3 is 2.48 bits per heavy atom. The molecule has 5 heteroatoms. The van der Waals surface area contributed by atoms with Crippen molar-refractivity contribution in [3.05, 3.63) is 76.2 Å². The normalized spacial score (nSPS) is 10.5. The monoisotopic (exact) mass is 326 g/mol. The van der Waals surface area contributed by atoms with Crippen molar-refractivity contribution in [3.8, 4) is 22.6 Å². The van der Waals surface area contributed by atoms with Crippen molar-refractivity contribution in [2.45, 2.75) is 0 Å². The molecule has 0 saturated heterocycles. The van der Waals surface area contributed by atoms with Crippen molar-refractivity contribution >= 4 is 17.3 Å². The molecule has 3 rings (SSSR count). The molecule has 1 heterocycles. The van der Waals surface area contributed by atoms with Gasteiger partial charge in [0.15, 0.2) is 0 Å². The third kappa shape index (κ3) is 3.38. The Hall–Kier alpha value is -2.72. The Kier molecular flexibility index (Phi) is 4.08. The Morgan fingerprint density at radius 1 is 1.04 bits per heavy atom. The van der Waals surface area contributed by atoms with Crippen molar-refractivity contribution in [1.29, 1.82) is 0 Å². The van der Waals surface area contributed by atoms with Crippen LogP contribution in [-0.2, 0) is 7.05 Å². The molecule has 0 saturated carbocycles. The SMILES string of the molecule is Cn1cc(-c2cc(N)ccc2Oc2ccc(Cl)cc2)ccc1=O.